The van der Waals surface area contributed by atoms with Crippen LogP contribution in [0, 0.1) is 5.92 Å². The van der Waals surface area contributed by atoms with E-state index < -0.39 is 6.04 Å². The summed E-state index contributed by atoms with van der Waals surface area (Å²) in [6, 6.07) is 7.08. The van der Waals surface area contributed by atoms with Crippen molar-refractivity contribution in [1.82, 2.24) is 0 Å². The van der Waals surface area contributed by atoms with E-state index in [1.165, 1.54) is 12.8 Å². The highest BCUT2D eigenvalue weighted by Gasteiger charge is 2.19. The average Bonchev–Trinajstić information content (AvgIpc) is 3.00. The smallest absolute Gasteiger partial charge is 0.241 e. The normalized spacial score (nSPS) is 18.2. The van der Waals surface area contributed by atoms with Crippen molar-refractivity contribution < 1.29 is 9.53 Å². The predicted molar refractivity (Wildman–Crippen MR) is 85.4 cm³/mol. The SMILES string of the molecule is CCC(C)C(N)C(=O)Nc1ccc(OC2CCCC2)cc1. The molecule has 1 amide bonds. The third-order valence-corrected chi connectivity index (χ3v) is 4.29. The lowest BCUT2D eigenvalue weighted by atomic mass is 9.99. The number of anilines is 1. The predicted octanol–water partition coefficient (Wildman–Crippen LogP) is 3.32. The third kappa shape index (κ3) is 4.46. The van der Waals surface area contributed by atoms with Gasteiger partial charge in [0.2, 0.25) is 5.91 Å². The van der Waals surface area contributed by atoms with Crippen LogP contribution < -0.4 is 15.8 Å². The van der Waals surface area contributed by atoms with Gasteiger partial charge in [-0.1, -0.05) is 20.3 Å². The summed E-state index contributed by atoms with van der Waals surface area (Å²) in [5.41, 5.74) is 6.68. The molecule has 2 rings (SSSR count). The molecular weight excluding hydrogens is 264 g/mol. The van der Waals surface area contributed by atoms with Crippen molar-refractivity contribution in [2.24, 2.45) is 11.7 Å². The lowest BCUT2D eigenvalue weighted by Crippen LogP contribution is -2.40. The van der Waals surface area contributed by atoms with E-state index >= 15 is 0 Å². The van der Waals surface area contributed by atoms with Crippen molar-refractivity contribution in [2.45, 2.75) is 58.1 Å². The standard InChI is InChI=1S/C17H26N2O2/c1-3-12(2)16(18)17(20)19-13-8-10-15(11-9-13)21-14-6-4-5-7-14/h8-12,14,16H,3-7,18H2,1-2H3,(H,19,20). The Balaban J connectivity index is 1.88. The number of benzene rings is 1. The number of carbonyl (C=O) groups is 1. The first-order valence-corrected chi connectivity index (χ1v) is 7.93. The molecule has 0 aromatic heterocycles. The average molecular weight is 290 g/mol. The number of nitrogens with one attached hydrogen (secondary N) is 1. The molecule has 1 saturated carbocycles. The Morgan fingerprint density at radius 2 is 1.95 bits per heavy atom. The molecule has 0 spiro atoms. The first kappa shape index (κ1) is 15.8. The van der Waals surface area contributed by atoms with Crippen LogP contribution in [-0.4, -0.2) is 18.1 Å². The summed E-state index contributed by atoms with van der Waals surface area (Å²) >= 11 is 0. The molecular formula is C17H26N2O2. The lowest BCUT2D eigenvalue weighted by molar-refractivity contribution is -0.118. The van der Waals surface area contributed by atoms with Gasteiger partial charge in [0.15, 0.2) is 0 Å². The van der Waals surface area contributed by atoms with E-state index in [1.54, 1.807) is 0 Å². The van der Waals surface area contributed by atoms with E-state index in [-0.39, 0.29) is 11.8 Å². The molecule has 2 atom stereocenters. The number of rotatable bonds is 6. The van der Waals surface area contributed by atoms with Crippen LogP contribution in [0.3, 0.4) is 0 Å². The molecule has 116 valence electrons. The monoisotopic (exact) mass is 290 g/mol. The van der Waals surface area contributed by atoms with E-state index in [4.69, 9.17) is 10.5 Å². The molecule has 2 unspecified atom stereocenters. The van der Waals surface area contributed by atoms with Crippen molar-refractivity contribution >= 4 is 11.6 Å². The zero-order valence-corrected chi connectivity index (χ0v) is 13.0. The summed E-state index contributed by atoms with van der Waals surface area (Å²) in [7, 11) is 0. The minimum atomic E-state index is -0.468. The molecule has 3 N–H and O–H groups in total. The van der Waals surface area contributed by atoms with Crippen LogP contribution in [0.4, 0.5) is 5.69 Å². The van der Waals surface area contributed by atoms with Crippen LogP contribution in [0.15, 0.2) is 24.3 Å². The van der Waals surface area contributed by atoms with Crippen molar-refractivity contribution in [3.63, 3.8) is 0 Å². The minimum absolute atomic E-state index is 0.131. The first-order valence-electron chi connectivity index (χ1n) is 7.93. The van der Waals surface area contributed by atoms with Crippen LogP contribution in [0.25, 0.3) is 0 Å². The molecule has 4 heteroatoms. The molecule has 0 saturated heterocycles. The van der Waals surface area contributed by atoms with Gasteiger partial charge in [-0.15, -0.1) is 0 Å². The fourth-order valence-corrected chi connectivity index (χ4v) is 2.55. The van der Waals surface area contributed by atoms with Crippen LogP contribution >= 0.6 is 0 Å². The summed E-state index contributed by atoms with van der Waals surface area (Å²) in [6.07, 6.45) is 6.04. The fraction of sp³-hybridized carbons (Fsp3) is 0.588. The van der Waals surface area contributed by atoms with Gasteiger partial charge < -0.3 is 15.8 Å². The number of carbonyl (C=O) groups excluding carboxylic acids is 1. The Hall–Kier alpha value is -1.55. The van der Waals surface area contributed by atoms with E-state index in [0.29, 0.717) is 6.10 Å². The van der Waals surface area contributed by atoms with Crippen molar-refractivity contribution in [2.75, 3.05) is 5.32 Å². The zero-order chi connectivity index (χ0) is 15.2. The summed E-state index contributed by atoms with van der Waals surface area (Å²) in [5, 5.41) is 2.86. The quantitative estimate of drug-likeness (QED) is 0.844. The second-order valence-corrected chi connectivity index (χ2v) is 5.95. The highest BCUT2D eigenvalue weighted by molar-refractivity contribution is 5.94. The van der Waals surface area contributed by atoms with Gasteiger partial charge in [-0.05, 0) is 55.9 Å². The maximum Gasteiger partial charge on any atom is 0.241 e. The molecule has 0 aliphatic heterocycles. The molecule has 1 aromatic rings. The number of nitrogens with two attached hydrogens (primary N) is 1. The second-order valence-electron chi connectivity index (χ2n) is 5.95. The highest BCUT2D eigenvalue weighted by Crippen LogP contribution is 2.25. The van der Waals surface area contributed by atoms with Crippen LogP contribution in [0.5, 0.6) is 5.75 Å². The third-order valence-electron chi connectivity index (χ3n) is 4.29. The molecule has 1 fully saturated rings. The van der Waals surface area contributed by atoms with Gasteiger partial charge in [0, 0.05) is 5.69 Å². The van der Waals surface area contributed by atoms with Gasteiger partial charge in [-0.3, -0.25) is 4.79 Å². The maximum atomic E-state index is 12.0. The Morgan fingerprint density at radius 1 is 1.33 bits per heavy atom. The second kappa shape index (κ2) is 7.46. The Bertz CT molecular complexity index is 452. The maximum absolute atomic E-state index is 12.0. The van der Waals surface area contributed by atoms with Gasteiger partial charge in [0.25, 0.3) is 0 Å². The largest absolute Gasteiger partial charge is 0.490 e. The molecule has 4 nitrogen and oxygen atoms in total. The van der Waals surface area contributed by atoms with Crippen LogP contribution in [0.2, 0.25) is 0 Å². The van der Waals surface area contributed by atoms with Crippen molar-refractivity contribution in [3.8, 4) is 5.75 Å². The molecule has 1 aliphatic carbocycles. The highest BCUT2D eigenvalue weighted by atomic mass is 16.5. The van der Waals surface area contributed by atoms with Crippen molar-refractivity contribution in [1.29, 1.82) is 0 Å². The topological polar surface area (TPSA) is 64.4 Å². The van der Waals surface area contributed by atoms with Gasteiger partial charge >= 0.3 is 0 Å². The molecule has 0 radical (unpaired) electrons. The summed E-state index contributed by atoms with van der Waals surface area (Å²) in [6.45, 7) is 4.02. The van der Waals surface area contributed by atoms with Gasteiger partial charge in [-0.2, -0.15) is 0 Å². The molecule has 1 aromatic carbocycles. The number of amides is 1. The van der Waals surface area contributed by atoms with E-state index in [9.17, 15) is 4.79 Å². The molecule has 21 heavy (non-hydrogen) atoms. The van der Waals surface area contributed by atoms with Crippen LogP contribution in [-0.2, 0) is 4.79 Å². The van der Waals surface area contributed by atoms with E-state index in [0.717, 1.165) is 30.7 Å². The summed E-state index contributed by atoms with van der Waals surface area (Å²) < 4.78 is 5.90. The first-order chi connectivity index (χ1) is 10.1. The number of hydrogen-bond acceptors (Lipinski definition) is 3. The molecule has 1 aliphatic rings. The summed E-state index contributed by atoms with van der Waals surface area (Å²) in [4.78, 5) is 12.0. The van der Waals surface area contributed by atoms with Gasteiger partial charge in [0.1, 0.15) is 5.75 Å². The van der Waals surface area contributed by atoms with E-state index in [2.05, 4.69) is 5.32 Å². The Kier molecular flexibility index (Phi) is 5.62. The number of ether oxygens (including phenoxy) is 1. The van der Waals surface area contributed by atoms with Gasteiger partial charge in [-0.25, -0.2) is 0 Å². The fourth-order valence-electron chi connectivity index (χ4n) is 2.55. The van der Waals surface area contributed by atoms with Crippen molar-refractivity contribution in [3.05, 3.63) is 24.3 Å². The molecule has 0 heterocycles. The lowest BCUT2D eigenvalue weighted by Gasteiger charge is -2.18. The minimum Gasteiger partial charge on any atom is -0.490 e. The summed E-state index contributed by atoms with van der Waals surface area (Å²) in [5.74, 6) is 0.912. The molecule has 0 bridgehead atoms. The zero-order valence-electron chi connectivity index (χ0n) is 13.0. The van der Waals surface area contributed by atoms with Gasteiger partial charge in [0.05, 0.1) is 12.1 Å². The Morgan fingerprint density at radius 3 is 2.52 bits per heavy atom. The van der Waals surface area contributed by atoms with E-state index in [1.807, 2.05) is 38.1 Å². The van der Waals surface area contributed by atoms with Crippen LogP contribution in [0.1, 0.15) is 46.0 Å². The Labute approximate surface area is 127 Å². The number of hydrogen-bond donors (Lipinski definition) is 2.